The molecule has 0 fully saturated rings. The maximum atomic E-state index is 7.67. The summed E-state index contributed by atoms with van der Waals surface area (Å²) in [6.07, 6.45) is 1.24. The molecule has 0 saturated heterocycles. The normalized spacial score (nSPS) is 10.5. The van der Waals surface area contributed by atoms with Gasteiger partial charge in [-0.1, -0.05) is 6.07 Å². The van der Waals surface area contributed by atoms with Crippen molar-refractivity contribution in [3.05, 3.63) is 17.7 Å². The van der Waals surface area contributed by atoms with Gasteiger partial charge in [-0.05, 0) is 11.4 Å². The Labute approximate surface area is 90.2 Å². The Morgan fingerprint density at radius 3 is 2.80 bits per heavy atom. The number of hydrazone groups is 1. The van der Waals surface area contributed by atoms with E-state index in [1.165, 1.54) is 13.3 Å². The fourth-order valence-electron chi connectivity index (χ4n) is 1.19. The van der Waals surface area contributed by atoms with E-state index in [9.17, 15) is 0 Å². The summed E-state index contributed by atoms with van der Waals surface area (Å²) in [7, 11) is 4.00. The van der Waals surface area contributed by atoms with Crippen LogP contribution in [0, 0.1) is 5.41 Å². The molecule has 0 bridgehead atoms. The van der Waals surface area contributed by atoms with Crippen molar-refractivity contribution in [2.24, 2.45) is 10.9 Å². The molecule has 5 nitrogen and oxygen atoms in total. The van der Waals surface area contributed by atoms with Gasteiger partial charge in [0.15, 0.2) is 5.75 Å². The van der Waals surface area contributed by atoms with E-state index in [1.54, 1.807) is 12.1 Å². The molecule has 0 aliphatic rings. The standard InChI is InChI=1S/C9H13N4OP/c1-14-9-5(6(10)4-13-12)2-3-7(15)8(9)11/h2-4,10H,11-12,15H2,1H3/b10-6?,13-4-. The minimum absolute atomic E-state index is 0.158. The first-order valence-corrected chi connectivity index (χ1v) is 4.73. The lowest BCUT2D eigenvalue weighted by Crippen LogP contribution is -2.11. The monoisotopic (exact) mass is 224 g/mol. The lowest BCUT2D eigenvalue weighted by atomic mass is 10.1. The second-order valence-electron chi connectivity index (χ2n) is 2.84. The summed E-state index contributed by atoms with van der Waals surface area (Å²) in [5.41, 5.74) is 7.03. The Morgan fingerprint density at radius 2 is 2.27 bits per heavy atom. The van der Waals surface area contributed by atoms with Gasteiger partial charge >= 0.3 is 0 Å². The van der Waals surface area contributed by atoms with Crippen LogP contribution >= 0.6 is 9.24 Å². The number of rotatable bonds is 3. The van der Waals surface area contributed by atoms with Crippen LogP contribution in [0.1, 0.15) is 5.56 Å². The van der Waals surface area contributed by atoms with E-state index < -0.39 is 0 Å². The summed E-state index contributed by atoms with van der Waals surface area (Å²) in [5, 5.41) is 11.8. The second-order valence-corrected chi connectivity index (χ2v) is 3.46. The van der Waals surface area contributed by atoms with Crippen molar-refractivity contribution in [2.45, 2.75) is 0 Å². The molecule has 1 atom stereocenters. The topological polar surface area (TPSA) is 97.5 Å². The predicted molar refractivity (Wildman–Crippen MR) is 66.3 cm³/mol. The molecule has 0 aromatic heterocycles. The molecule has 5 N–H and O–H groups in total. The summed E-state index contributed by atoms with van der Waals surface area (Å²) in [6.45, 7) is 0. The number of nitrogens with one attached hydrogen (secondary N) is 1. The van der Waals surface area contributed by atoms with Crippen LogP contribution in [0.2, 0.25) is 0 Å². The van der Waals surface area contributed by atoms with Crippen LogP contribution in [0.25, 0.3) is 0 Å². The van der Waals surface area contributed by atoms with Crippen molar-refractivity contribution in [3.8, 4) is 5.75 Å². The lowest BCUT2D eigenvalue weighted by molar-refractivity contribution is 0.416. The molecule has 1 unspecified atom stereocenters. The molecule has 0 saturated carbocycles. The fraction of sp³-hybridized carbons (Fsp3) is 0.111. The molecule has 0 spiro atoms. The molecule has 0 radical (unpaired) electrons. The molecule has 1 aromatic rings. The van der Waals surface area contributed by atoms with Crippen molar-refractivity contribution < 1.29 is 4.74 Å². The molecule has 6 heteroatoms. The number of benzene rings is 1. The highest BCUT2D eigenvalue weighted by molar-refractivity contribution is 7.28. The average molecular weight is 224 g/mol. The maximum Gasteiger partial charge on any atom is 0.151 e. The Morgan fingerprint density at radius 1 is 1.60 bits per heavy atom. The SMILES string of the molecule is COc1c(C(=N)/C=N\N)ccc(P)c1N. The van der Waals surface area contributed by atoms with E-state index in [2.05, 4.69) is 14.3 Å². The van der Waals surface area contributed by atoms with Gasteiger partial charge in [0.1, 0.15) is 0 Å². The molecule has 0 aliphatic carbocycles. The number of anilines is 1. The largest absolute Gasteiger partial charge is 0.494 e. The summed E-state index contributed by atoms with van der Waals surface area (Å²) in [4.78, 5) is 0. The van der Waals surface area contributed by atoms with Gasteiger partial charge in [0.05, 0.1) is 24.7 Å². The van der Waals surface area contributed by atoms with E-state index in [-0.39, 0.29) is 5.71 Å². The van der Waals surface area contributed by atoms with Crippen LogP contribution in [0.15, 0.2) is 17.2 Å². The van der Waals surface area contributed by atoms with Crippen molar-refractivity contribution in [3.63, 3.8) is 0 Å². The molecular weight excluding hydrogens is 211 g/mol. The fourth-order valence-corrected chi connectivity index (χ4v) is 1.42. The van der Waals surface area contributed by atoms with Crippen LogP contribution in [0.4, 0.5) is 5.69 Å². The summed E-state index contributed by atoms with van der Waals surface area (Å²) in [6, 6.07) is 3.53. The van der Waals surface area contributed by atoms with E-state index in [4.69, 9.17) is 21.7 Å². The molecule has 1 rings (SSSR count). The molecule has 80 valence electrons. The van der Waals surface area contributed by atoms with E-state index in [0.29, 0.717) is 17.0 Å². The van der Waals surface area contributed by atoms with Gasteiger partial charge in [-0.2, -0.15) is 5.10 Å². The van der Waals surface area contributed by atoms with Gasteiger partial charge in [-0.15, -0.1) is 9.24 Å². The summed E-state index contributed by atoms with van der Waals surface area (Å²) in [5.74, 6) is 5.44. The molecule has 1 aromatic carbocycles. The maximum absolute atomic E-state index is 7.67. The van der Waals surface area contributed by atoms with Gasteiger partial charge < -0.3 is 16.3 Å². The van der Waals surface area contributed by atoms with Crippen molar-refractivity contribution in [1.82, 2.24) is 0 Å². The minimum atomic E-state index is 0.158. The summed E-state index contributed by atoms with van der Waals surface area (Å²) >= 11 is 0. The highest BCUT2D eigenvalue weighted by Gasteiger charge is 2.11. The van der Waals surface area contributed by atoms with Crippen LogP contribution in [0.5, 0.6) is 5.75 Å². The third-order valence-electron chi connectivity index (χ3n) is 1.93. The Balaban J connectivity index is 3.30. The van der Waals surface area contributed by atoms with Crippen molar-refractivity contribution >= 4 is 32.2 Å². The second kappa shape index (κ2) is 4.75. The molecular formula is C9H13N4OP. The molecule has 0 amide bonds. The number of nitrogens with two attached hydrogens (primary N) is 2. The number of nitrogen functional groups attached to an aromatic ring is 1. The van der Waals surface area contributed by atoms with E-state index >= 15 is 0 Å². The third-order valence-corrected chi connectivity index (χ3v) is 2.43. The zero-order valence-electron chi connectivity index (χ0n) is 8.32. The lowest BCUT2D eigenvalue weighted by Gasteiger charge is -2.11. The first-order valence-electron chi connectivity index (χ1n) is 4.16. The summed E-state index contributed by atoms with van der Waals surface area (Å²) < 4.78 is 5.14. The number of methoxy groups -OCH3 is 1. The predicted octanol–water partition coefficient (Wildman–Crippen LogP) is 0.0902. The van der Waals surface area contributed by atoms with Crippen LogP contribution in [-0.4, -0.2) is 19.0 Å². The van der Waals surface area contributed by atoms with Crippen LogP contribution in [0.3, 0.4) is 0 Å². The zero-order chi connectivity index (χ0) is 11.4. The Hall–Kier alpha value is -1.61. The highest BCUT2D eigenvalue weighted by atomic mass is 31.0. The van der Waals surface area contributed by atoms with Gasteiger partial charge in [0, 0.05) is 5.56 Å². The number of hydrogen-bond acceptors (Lipinski definition) is 5. The molecule has 15 heavy (non-hydrogen) atoms. The molecule has 0 aliphatic heterocycles. The van der Waals surface area contributed by atoms with E-state index in [0.717, 1.165) is 5.30 Å². The average Bonchev–Trinajstić information content (AvgIpc) is 2.22. The van der Waals surface area contributed by atoms with Crippen LogP contribution in [-0.2, 0) is 0 Å². The van der Waals surface area contributed by atoms with Gasteiger partial charge in [-0.25, -0.2) is 0 Å². The van der Waals surface area contributed by atoms with Crippen molar-refractivity contribution in [2.75, 3.05) is 12.8 Å². The van der Waals surface area contributed by atoms with Gasteiger partial charge in [-0.3, -0.25) is 5.41 Å². The Bertz CT molecular complexity index is 417. The highest BCUT2D eigenvalue weighted by Crippen LogP contribution is 2.25. The third kappa shape index (κ3) is 2.25. The smallest absolute Gasteiger partial charge is 0.151 e. The first kappa shape index (κ1) is 11.5. The minimum Gasteiger partial charge on any atom is -0.494 e. The van der Waals surface area contributed by atoms with Crippen LogP contribution < -0.4 is 21.6 Å². The quantitative estimate of drug-likeness (QED) is 0.223. The van der Waals surface area contributed by atoms with E-state index in [1.807, 2.05) is 0 Å². The zero-order valence-corrected chi connectivity index (χ0v) is 9.47. The number of nitrogens with zero attached hydrogens (tertiary/aromatic N) is 1. The van der Waals surface area contributed by atoms with Crippen molar-refractivity contribution in [1.29, 1.82) is 5.41 Å². The molecule has 0 heterocycles. The number of ether oxygens (including phenoxy) is 1. The van der Waals surface area contributed by atoms with Gasteiger partial charge in [0.2, 0.25) is 0 Å². The van der Waals surface area contributed by atoms with Gasteiger partial charge in [0.25, 0.3) is 0 Å². The number of hydrogen-bond donors (Lipinski definition) is 3. The Kier molecular flexibility index (Phi) is 3.63. The first-order chi connectivity index (χ1) is 7.11.